The van der Waals surface area contributed by atoms with Gasteiger partial charge in [-0.3, -0.25) is 14.9 Å². The second-order valence-electron chi connectivity index (χ2n) is 5.51. The van der Waals surface area contributed by atoms with Crippen LogP contribution in [0.4, 0.5) is 4.39 Å². The van der Waals surface area contributed by atoms with Crippen LogP contribution in [0.2, 0.25) is 0 Å². The average Bonchev–Trinajstić information content (AvgIpc) is 3.17. The highest BCUT2D eigenvalue weighted by Gasteiger charge is 2.15. The Kier molecular flexibility index (Phi) is 6.00. The van der Waals surface area contributed by atoms with Crippen LogP contribution in [0, 0.1) is 5.82 Å². The van der Waals surface area contributed by atoms with Gasteiger partial charge in [0.2, 0.25) is 5.82 Å². The van der Waals surface area contributed by atoms with E-state index < -0.39 is 11.7 Å². The maximum atomic E-state index is 13.6. The predicted octanol–water partition coefficient (Wildman–Crippen LogP) is 1.06. The van der Waals surface area contributed by atoms with Gasteiger partial charge >= 0.3 is 0 Å². The van der Waals surface area contributed by atoms with Crippen molar-refractivity contribution in [1.29, 1.82) is 0 Å². The van der Waals surface area contributed by atoms with E-state index in [9.17, 15) is 9.18 Å². The Hall–Kier alpha value is -3.40. The van der Waals surface area contributed by atoms with Crippen LogP contribution in [0.15, 0.2) is 36.8 Å². The number of halogens is 1. The highest BCUT2D eigenvalue weighted by Crippen LogP contribution is 2.20. The van der Waals surface area contributed by atoms with Crippen LogP contribution in [0.1, 0.15) is 22.6 Å². The molecule has 2 aromatic heterocycles. The van der Waals surface area contributed by atoms with Crippen molar-refractivity contribution in [2.45, 2.75) is 13.0 Å². The van der Waals surface area contributed by atoms with Crippen LogP contribution in [-0.2, 0) is 6.54 Å². The van der Waals surface area contributed by atoms with E-state index in [-0.39, 0.29) is 12.1 Å². The molecule has 10 heteroatoms. The van der Waals surface area contributed by atoms with Crippen molar-refractivity contribution in [2.75, 3.05) is 13.2 Å². The van der Waals surface area contributed by atoms with E-state index in [4.69, 9.17) is 10.5 Å². The van der Waals surface area contributed by atoms with E-state index in [1.165, 1.54) is 24.5 Å². The number of aromatic nitrogens is 5. The highest BCUT2D eigenvalue weighted by molar-refractivity contribution is 5.96. The molecule has 1 aromatic carbocycles. The fourth-order valence-electron chi connectivity index (χ4n) is 2.23. The number of aromatic amines is 1. The quantitative estimate of drug-likeness (QED) is 0.504. The number of nitrogens with two attached hydrogens (primary N) is 1. The number of H-pyrrole nitrogens is 1. The molecule has 0 radical (unpaired) electrons. The van der Waals surface area contributed by atoms with Crippen molar-refractivity contribution < 1.29 is 13.9 Å². The van der Waals surface area contributed by atoms with Gasteiger partial charge in [-0.1, -0.05) is 0 Å². The minimum atomic E-state index is -0.532. The summed E-state index contributed by atoms with van der Waals surface area (Å²) in [5.41, 5.74) is 6.03. The first-order chi connectivity index (χ1) is 13.2. The molecule has 0 saturated carbocycles. The minimum absolute atomic E-state index is 0.0743. The average molecular weight is 371 g/mol. The first-order valence-corrected chi connectivity index (χ1v) is 8.25. The molecule has 0 saturated heterocycles. The molecular weight excluding hydrogens is 353 g/mol. The Labute approximate surface area is 154 Å². The van der Waals surface area contributed by atoms with E-state index in [0.717, 1.165) is 6.07 Å². The molecule has 0 atom stereocenters. The molecule has 0 aliphatic heterocycles. The maximum absolute atomic E-state index is 13.6. The molecule has 0 fully saturated rings. The van der Waals surface area contributed by atoms with Gasteiger partial charge in [-0.25, -0.2) is 14.4 Å². The SMILES string of the molecule is NCCCOc1ccc(F)cc1C(=O)NCc1nc(-c2cnccn2)n[nH]1. The number of amides is 1. The Morgan fingerprint density at radius 2 is 2.22 bits per heavy atom. The highest BCUT2D eigenvalue weighted by atomic mass is 19.1. The number of benzene rings is 1. The number of carbonyl (C=O) groups excluding carboxylic acids is 1. The number of nitrogens with zero attached hydrogens (tertiary/aromatic N) is 4. The maximum Gasteiger partial charge on any atom is 0.255 e. The molecule has 0 unspecified atom stereocenters. The molecule has 140 valence electrons. The summed E-state index contributed by atoms with van der Waals surface area (Å²) in [5.74, 6) is 0.0562. The number of hydrogen-bond donors (Lipinski definition) is 3. The Bertz CT molecular complexity index is 901. The third-order valence-corrected chi connectivity index (χ3v) is 3.53. The summed E-state index contributed by atoms with van der Waals surface area (Å²) in [6, 6.07) is 3.78. The largest absolute Gasteiger partial charge is 0.493 e. The second kappa shape index (κ2) is 8.81. The van der Waals surface area contributed by atoms with E-state index in [1.54, 1.807) is 6.20 Å². The number of hydrogen-bond acceptors (Lipinski definition) is 7. The standard InChI is InChI=1S/C17H18FN7O2/c18-11-2-3-14(27-7-1-4-19)12(8-11)17(26)22-10-15-23-16(25-24-15)13-9-20-5-6-21-13/h2-3,5-6,8-9H,1,4,7,10,19H2,(H,22,26)(H,23,24,25). The van der Waals surface area contributed by atoms with Gasteiger partial charge in [0.15, 0.2) is 0 Å². The van der Waals surface area contributed by atoms with Crippen LogP contribution in [0.25, 0.3) is 11.5 Å². The first-order valence-electron chi connectivity index (χ1n) is 8.25. The van der Waals surface area contributed by atoms with E-state index >= 15 is 0 Å². The van der Waals surface area contributed by atoms with Crippen molar-refractivity contribution in [3.8, 4) is 17.3 Å². The summed E-state index contributed by atoms with van der Waals surface area (Å²) in [7, 11) is 0. The third-order valence-electron chi connectivity index (χ3n) is 3.53. The fourth-order valence-corrected chi connectivity index (χ4v) is 2.23. The molecule has 0 bridgehead atoms. The molecule has 0 aliphatic carbocycles. The minimum Gasteiger partial charge on any atom is -0.493 e. The molecule has 2 heterocycles. The van der Waals surface area contributed by atoms with E-state index in [2.05, 4.69) is 30.5 Å². The smallest absolute Gasteiger partial charge is 0.255 e. The van der Waals surface area contributed by atoms with Crippen LogP contribution >= 0.6 is 0 Å². The van der Waals surface area contributed by atoms with Gasteiger partial charge in [0.05, 0.1) is 24.9 Å². The lowest BCUT2D eigenvalue weighted by Crippen LogP contribution is -2.24. The van der Waals surface area contributed by atoms with Gasteiger partial charge in [-0.05, 0) is 31.2 Å². The number of rotatable bonds is 8. The molecule has 1 amide bonds. The van der Waals surface area contributed by atoms with E-state index in [1.807, 2.05) is 0 Å². The topological polar surface area (TPSA) is 132 Å². The molecule has 27 heavy (non-hydrogen) atoms. The van der Waals surface area contributed by atoms with Crippen LogP contribution in [0.5, 0.6) is 5.75 Å². The van der Waals surface area contributed by atoms with Crippen molar-refractivity contribution in [2.24, 2.45) is 5.73 Å². The van der Waals surface area contributed by atoms with Gasteiger partial charge in [0.1, 0.15) is 23.1 Å². The van der Waals surface area contributed by atoms with Crippen LogP contribution in [-0.4, -0.2) is 44.2 Å². The molecule has 0 spiro atoms. The lowest BCUT2D eigenvalue weighted by atomic mass is 10.2. The first kappa shape index (κ1) is 18.4. The number of nitrogens with one attached hydrogen (secondary N) is 2. The molecule has 9 nitrogen and oxygen atoms in total. The summed E-state index contributed by atoms with van der Waals surface area (Å²) in [5, 5.41) is 9.41. The van der Waals surface area contributed by atoms with Crippen molar-refractivity contribution in [3.63, 3.8) is 0 Å². The second-order valence-corrected chi connectivity index (χ2v) is 5.51. The van der Waals surface area contributed by atoms with Gasteiger partial charge in [-0.2, -0.15) is 5.10 Å². The summed E-state index contributed by atoms with van der Waals surface area (Å²) in [6.07, 6.45) is 5.23. The van der Waals surface area contributed by atoms with Gasteiger partial charge in [0, 0.05) is 12.4 Å². The lowest BCUT2D eigenvalue weighted by molar-refractivity contribution is 0.0945. The van der Waals surface area contributed by atoms with Crippen LogP contribution in [0.3, 0.4) is 0 Å². The molecule has 4 N–H and O–H groups in total. The Morgan fingerprint density at radius 1 is 1.33 bits per heavy atom. The molecule has 3 aromatic rings. The van der Waals surface area contributed by atoms with Crippen molar-refractivity contribution in [3.05, 3.63) is 54.0 Å². The summed E-state index contributed by atoms with van der Waals surface area (Å²) in [6.45, 7) is 0.874. The normalized spacial score (nSPS) is 10.6. The lowest BCUT2D eigenvalue weighted by Gasteiger charge is -2.11. The summed E-state index contributed by atoms with van der Waals surface area (Å²) >= 11 is 0. The zero-order valence-corrected chi connectivity index (χ0v) is 14.4. The number of ether oxygens (including phenoxy) is 1. The van der Waals surface area contributed by atoms with E-state index in [0.29, 0.717) is 42.7 Å². The van der Waals surface area contributed by atoms with Crippen LogP contribution < -0.4 is 15.8 Å². The van der Waals surface area contributed by atoms with Gasteiger partial charge in [0.25, 0.3) is 5.91 Å². The summed E-state index contributed by atoms with van der Waals surface area (Å²) < 4.78 is 19.1. The Balaban J connectivity index is 1.66. The Morgan fingerprint density at radius 3 is 3.00 bits per heavy atom. The van der Waals surface area contributed by atoms with Crippen molar-refractivity contribution in [1.82, 2.24) is 30.5 Å². The number of carbonyl (C=O) groups is 1. The molecular formula is C17H18FN7O2. The third kappa shape index (κ3) is 4.82. The van der Waals surface area contributed by atoms with Gasteiger partial charge in [-0.15, -0.1) is 0 Å². The zero-order chi connectivity index (χ0) is 19.1. The predicted molar refractivity (Wildman–Crippen MR) is 94.1 cm³/mol. The molecule has 3 rings (SSSR count). The van der Waals surface area contributed by atoms with Gasteiger partial charge < -0.3 is 15.8 Å². The zero-order valence-electron chi connectivity index (χ0n) is 14.4. The summed E-state index contributed by atoms with van der Waals surface area (Å²) in [4.78, 5) is 24.7. The fraction of sp³-hybridized carbons (Fsp3) is 0.235. The van der Waals surface area contributed by atoms with Crippen molar-refractivity contribution >= 4 is 5.91 Å². The monoisotopic (exact) mass is 371 g/mol. The molecule has 0 aliphatic rings.